The zero-order valence-electron chi connectivity index (χ0n) is 17.9. The number of carbonyl (C=O) groups is 1. The van der Waals surface area contributed by atoms with Gasteiger partial charge in [-0.15, -0.1) is 0 Å². The number of aromatic nitrogens is 4. The highest BCUT2D eigenvalue weighted by Crippen LogP contribution is 2.25. The topological polar surface area (TPSA) is 106 Å². The summed E-state index contributed by atoms with van der Waals surface area (Å²) in [5.74, 6) is 0.802. The number of nitrogens with zero attached hydrogens (tertiary/aromatic N) is 3. The summed E-state index contributed by atoms with van der Waals surface area (Å²) in [7, 11) is 0. The smallest absolute Gasteiger partial charge is 0.256 e. The number of furan rings is 1. The molecule has 0 unspecified atom stereocenters. The van der Waals surface area contributed by atoms with Crippen molar-refractivity contribution < 1.29 is 9.21 Å². The van der Waals surface area contributed by atoms with Crippen LogP contribution in [0, 0.1) is 0 Å². The third-order valence-corrected chi connectivity index (χ3v) is 5.23. The van der Waals surface area contributed by atoms with Gasteiger partial charge in [-0.1, -0.05) is 43.7 Å². The molecule has 5 rings (SSSR count). The lowest BCUT2D eigenvalue weighted by molar-refractivity contribution is 0.102. The van der Waals surface area contributed by atoms with Crippen LogP contribution < -0.4 is 10.9 Å². The average Bonchev–Trinajstić information content (AvgIpc) is 3.49. The number of carbonyl (C=O) groups excluding carboxylic acids is 1. The van der Waals surface area contributed by atoms with Crippen LogP contribution in [0.4, 0.5) is 5.82 Å². The molecule has 0 spiro atoms. The molecule has 2 N–H and O–H groups in total. The van der Waals surface area contributed by atoms with Crippen molar-refractivity contribution in [2.45, 2.75) is 19.8 Å². The number of anilines is 1. The van der Waals surface area contributed by atoms with E-state index in [2.05, 4.69) is 20.4 Å². The van der Waals surface area contributed by atoms with Gasteiger partial charge in [0, 0.05) is 23.4 Å². The highest BCUT2D eigenvalue weighted by atomic mass is 16.3. The van der Waals surface area contributed by atoms with Gasteiger partial charge in [-0.05, 0) is 41.5 Å². The average molecular weight is 439 g/mol. The molecule has 0 radical (unpaired) electrons. The molecular weight excluding hydrogens is 418 g/mol. The predicted molar refractivity (Wildman–Crippen MR) is 126 cm³/mol. The molecule has 8 heteroatoms. The summed E-state index contributed by atoms with van der Waals surface area (Å²) in [6.45, 7) is 2.01. The van der Waals surface area contributed by atoms with Crippen LogP contribution in [0.1, 0.15) is 29.4 Å². The van der Waals surface area contributed by atoms with Crippen LogP contribution in [0.15, 0.2) is 82.2 Å². The van der Waals surface area contributed by atoms with Crippen molar-refractivity contribution in [2.75, 3.05) is 5.32 Å². The quantitative estimate of drug-likeness (QED) is 0.403. The van der Waals surface area contributed by atoms with Crippen LogP contribution in [-0.4, -0.2) is 25.7 Å². The number of benzene rings is 2. The lowest BCUT2D eigenvalue weighted by Crippen LogP contribution is -2.19. The fourth-order valence-electron chi connectivity index (χ4n) is 3.67. The lowest BCUT2D eigenvalue weighted by atomic mass is 10.1. The molecule has 164 valence electrons. The molecule has 1 amide bonds. The monoisotopic (exact) mass is 439 g/mol. The summed E-state index contributed by atoms with van der Waals surface area (Å²) in [4.78, 5) is 32.6. The van der Waals surface area contributed by atoms with Crippen LogP contribution in [0.2, 0.25) is 0 Å². The van der Waals surface area contributed by atoms with Gasteiger partial charge in [0.1, 0.15) is 11.5 Å². The molecule has 0 saturated heterocycles. The number of nitrogens with one attached hydrogen (secondary N) is 2. The van der Waals surface area contributed by atoms with Crippen LogP contribution in [0.5, 0.6) is 0 Å². The van der Waals surface area contributed by atoms with Gasteiger partial charge in [0.2, 0.25) is 5.95 Å². The second-order valence-corrected chi connectivity index (χ2v) is 7.63. The fourth-order valence-corrected chi connectivity index (χ4v) is 3.67. The maximum absolute atomic E-state index is 13.1. The first-order valence-corrected chi connectivity index (χ1v) is 10.7. The SMILES string of the molecule is CCCc1cc(=O)[nH]c(-n2nc(-c3ccco3)cc2NC(=O)c2ccc3ccccc3c2)n1. The van der Waals surface area contributed by atoms with Crippen molar-refractivity contribution in [1.82, 2.24) is 19.7 Å². The summed E-state index contributed by atoms with van der Waals surface area (Å²) in [5, 5.41) is 9.45. The van der Waals surface area contributed by atoms with E-state index >= 15 is 0 Å². The minimum absolute atomic E-state index is 0.220. The Hall–Kier alpha value is -4.46. The zero-order chi connectivity index (χ0) is 22.8. The molecule has 3 heterocycles. The molecule has 0 aliphatic rings. The molecular formula is C25H21N5O3. The Morgan fingerprint density at radius 1 is 1.06 bits per heavy atom. The normalized spacial score (nSPS) is 11.1. The third-order valence-electron chi connectivity index (χ3n) is 5.23. The van der Waals surface area contributed by atoms with E-state index in [1.165, 1.54) is 10.7 Å². The van der Waals surface area contributed by atoms with E-state index in [0.717, 1.165) is 17.2 Å². The maximum atomic E-state index is 13.1. The van der Waals surface area contributed by atoms with Gasteiger partial charge in [-0.2, -0.15) is 9.78 Å². The number of aromatic amines is 1. The van der Waals surface area contributed by atoms with E-state index < -0.39 is 0 Å². The number of aryl methyl sites for hydroxylation is 1. The molecule has 2 aromatic carbocycles. The first-order chi connectivity index (χ1) is 16.1. The molecule has 5 aromatic rings. The summed E-state index contributed by atoms with van der Waals surface area (Å²) in [5.41, 5.74) is 1.36. The Morgan fingerprint density at radius 3 is 2.70 bits per heavy atom. The summed E-state index contributed by atoms with van der Waals surface area (Å²) < 4.78 is 6.88. The molecule has 0 atom stereocenters. The minimum atomic E-state index is -0.306. The molecule has 33 heavy (non-hydrogen) atoms. The highest BCUT2D eigenvalue weighted by molar-refractivity contribution is 6.06. The van der Waals surface area contributed by atoms with Gasteiger partial charge < -0.3 is 9.73 Å². The number of hydrogen-bond donors (Lipinski definition) is 2. The third kappa shape index (κ3) is 4.18. The first kappa shape index (κ1) is 20.4. The van der Waals surface area contributed by atoms with Crippen LogP contribution in [0.3, 0.4) is 0 Å². The minimum Gasteiger partial charge on any atom is -0.463 e. The second-order valence-electron chi connectivity index (χ2n) is 7.63. The molecule has 8 nitrogen and oxygen atoms in total. The van der Waals surface area contributed by atoms with E-state index in [-0.39, 0.29) is 17.4 Å². The summed E-state index contributed by atoms with van der Waals surface area (Å²) in [6.07, 6.45) is 3.05. The molecule has 0 aliphatic heterocycles. The predicted octanol–water partition coefficient (Wildman–Crippen LogP) is 4.57. The molecule has 0 bridgehead atoms. The molecule has 0 fully saturated rings. The van der Waals surface area contributed by atoms with Crippen molar-refractivity contribution in [3.63, 3.8) is 0 Å². The van der Waals surface area contributed by atoms with Crippen LogP contribution in [0.25, 0.3) is 28.2 Å². The van der Waals surface area contributed by atoms with E-state index in [1.807, 2.05) is 43.3 Å². The number of amides is 1. The van der Waals surface area contributed by atoms with Crippen molar-refractivity contribution in [2.24, 2.45) is 0 Å². The summed E-state index contributed by atoms with van der Waals surface area (Å²) >= 11 is 0. The lowest BCUT2D eigenvalue weighted by Gasteiger charge is -2.09. The van der Waals surface area contributed by atoms with Gasteiger partial charge in [0.25, 0.3) is 11.5 Å². The first-order valence-electron chi connectivity index (χ1n) is 10.7. The standard InChI is InChI=1S/C25H21N5O3/c1-2-6-19-14-23(31)28-25(26-19)30-22(15-20(29-30)21-9-5-12-33-21)27-24(32)18-11-10-16-7-3-4-8-17(16)13-18/h3-5,7-15H,2,6H2,1H3,(H,27,32)(H,26,28,31). The molecule has 0 aliphatic carbocycles. The molecule has 3 aromatic heterocycles. The number of hydrogen-bond acceptors (Lipinski definition) is 5. The summed E-state index contributed by atoms with van der Waals surface area (Å²) in [6, 6.07) is 20.0. The van der Waals surface area contributed by atoms with E-state index in [9.17, 15) is 9.59 Å². The van der Waals surface area contributed by atoms with Crippen molar-refractivity contribution in [1.29, 1.82) is 0 Å². The van der Waals surface area contributed by atoms with Crippen LogP contribution >= 0.6 is 0 Å². The highest BCUT2D eigenvalue weighted by Gasteiger charge is 2.18. The van der Waals surface area contributed by atoms with Crippen molar-refractivity contribution >= 4 is 22.5 Å². The van der Waals surface area contributed by atoms with Crippen LogP contribution in [-0.2, 0) is 6.42 Å². The van der Waals surface area contributed by atoms with Gasteiger partial charge >= 0.3 is 0 Å². The zero-order valence-corrected chi connectivity index (χ0v) is 17.9. The molecule has 0 saturated carbocycles. The van der Waals surface area contributed by atoms with E-state index in [4.69, 9.17) is 4.42 Å². The van der Waals surface area contributed by atoms with Gasteiger partial charge in [-0.25, -0.2) is 4.98 Å². The van der Waals surface area contributed by atoms with Gasteiger partial charge in [-0.3, -0.25) is 14.6 Å². The fraction of sp³-hybridized carbons (Fsp3) is 0.120. The Kier molecular flexibility index (Phi) is 5.32. The van der Waals surface area contributed by atoms with Crippen molar-refractivity contribution in [3.05, 3.63) is 94.6 Å². The van der Waals surface area contributed by atoms with Gasteiger partial charge in [0.15, 0.2) is 5.76 Å². The Bertz CT molecular complexity index is 1500. The number of rotatable bonds is 6. The Balaban J connectivity index is 1.56. The maximum Gasteiger partial charge on any atom is 0.256 e. The second kappa shape index (κ2) is 8.58. The number of fused-ring (bicyclic) bond motifs is 1. The van der Waals surface area contributed by atoms with Crippen molar-refractivity contribution in [3.8, 4) is 17.4 Å². The Labute approximate surface area is 188 Å². The van der Waals surface area contributed by atoms with E-state index in [0.29, 0.717) is 35.0 Å². The Morgan fingerprint density at radius 2 is 1.91 bits per heavy atom. The van der Waals surface area contributed by atoms with Gasteiger partial charge in [0.05, 0.1) is 6.26 Å². The number of H-pyrrole nitrogens is 1. The van der Waals surface area contributed by atoms with E-state index in [1.54, 1.807) is 30.5 Å². The largest absolute Gasteiger partial charge is 0.463 e.